The molecule has 3 heteroatoms. The molecule has 0 aliphatic heterocycles. The number of carbonyl (C=O) groups excluding carboxylic acids is 1. The van der Waals surface area contributed by atoms with E-state index in [2.05, 4.69) is 4.90 Å². The summed E-state index contributed by atoms with van der Waals surface area (Å²) in [7, 11) is 0. The van der Waals surface area contributed by atoms with Gasteiger partial charge in [-0.25, -0.2) is 0 Å². The summed E-state index contributed by atoms with van der Waals surface area (Å²) in [5.41, 5.74) is 0. The monoisotopic (exact) mass is 239 g/mol. The maximum absolute atomic E-state index is 12.2. The summed E-state index contributed by atoms with van der Waals surface area (Å²) >= 11 is 0. The maximum atomic E-state index is 12.2. The topological polar surface area (TPSA) is 40.5 Å². The van der Waals surface area contributed by atoms with Crippen LogP contribution in [0.1, 0.15) is 51.4 Å². The van der Waals surface area contributed by atoms with Crippen molar-refractivity contribution in [3.8, 4) is 0 Å². The van der Waals surface area contributed by atoms with Crippen LogP contribution in [0.3, 0.4) is 0 Å². The van der Waals surface area contributed by atoms with Gasteiger partial charge in [0.2, 0.25) is 0 Å². The zero-order valence-electron chi connectivity index (χ0n) is 10.7. The Hall–Kier alpha value is -0.410. The van der Waals surface area contributed by atoms with Gasteiger partial charge in [0.1, 0.15) is 5.78 Å². The van der Waals surface area contributed by atoms with E-state index in [1.807, 2.05) is 0 Å². The minimum absolute atomic E-state index is 0.175. The lowest BCUT2D eigenvalue weighted by Gasteiger charge is -2.28. The molecule has 0 amide bonds. The Balaban J connectivity index is 1.84. The van der Waals surface area contributed by atoms with Crippen molar-refractivity contribution in [2.75, 3.05) is 19.7 Å². The van der Waals surface area contributed by atoms with Crippen molar-refractivity contribution in [1.29, 1.82) is 0 Å². The molecule has 0 aromatic heterocycles. The first-order valence-electron chi connectivity index (χ1n) is 7.19. The summed E-state index contributed by atoms with van der Waals surface area (Å²) in [6.07, 6.45) is 9.61. The van der Waals surface area contributed by atoms with Crippen LogP contribution in [-0.4, -0.2) is 41.5 Å². The molecule has 1 N–H and O–H groups in total. The van der Waals surface area contributed by atoms with Gasteiger partial charge in [0.15, 0.2) is 0 Å². The van der Waals surface area contributed by atoms with Gasteiger partial charge in [0.05, 0.1) is 13.2 Å². The Morgan fingerprint density at radius 2 is 1.65 bits per heavy atom. The van der Waals surface area contributed by atoms with Gasteiger partial charge in [-0.3, -0.25) is 9.69 Å². The third kappa shape index (κ3) is 3.52. The number of aliphatic hydroxyl groups is 1. The number of hydrogen-bond donors (Lipinski definition) is 1. The Kier molecular flexibility index (Phi) is 4.99. The quantitative estimate of drug-likeness (QED) is 0.770. The summed E-state index contributed by atoms with van der Waals surface area (Å²) in [6.45, 7) is 1.42. The highest BCUT2D eigenvalue weighted by Crippen LogP contribution is 2.27. The average Bonchev–Trinajstić information content (AvgIpc) is 3.01. The molecule has 98 valence electrons. The first kappa shape index (κ1) is 13.0. The molecule has 0 atom stereocenters. The molecule has 0 heterocycles. The third-order valence-electron chi connectivity index (χ3n) is 4.40. The standard InChI is InChI=1S/C14H25NO2/c16-10-9-15(13-7-3-4-8-13)11-14(17)12-5-1-2-6-12/h12-13,16H,1-11H2. The van der Waals surface area contributed by atoms with E-state index in [1.165, 1.54) is 38.5 Å². The second kappa shape index (κ2) is 6.50. The van der Waals surface area contributed by atoms with Gasteiger partial charge in [0, 0.05) is 18.5 Å². The molecule has 0 spiro atoms. The fourth-order valence-corrected chi connectivity index (χ4v) is 3.37. The number of ketones is 1. The van der Waals surface area contributed by atoms with E-state index in [-0.39, 0.29) is 6.61 Å². The van der Waals surface area contributed by atoms with Gasteiger partial charge in [-0.1, -0.05) is 25.7 Å². The van der Waals surface area contributed by atoms with Crippen LogP contribution < -0.4 is 0 Å². The normalized spacial score (nSPS) is 22.7. The van der Waals surface area contributed by atoms with Crippen molar-refractivity contribution in [2.24, 2.45) is 5.92 Å². The number of Topliss-reactive ketones (excluding diaryl/α,β-unsaturated/α-hetero) is 1. The smallest absolute Gasteiger partial charge is 0.149 e. The second-order valence-electron chi connectivity index (χ2n) is 5.58. The van der Waals surface area contributed by atoms with E-state index >= 15 is 0 Å². The molecule has 2 fully saturated rings. The van der Waals surface area contributed by atoms with Crippen molar-refractivity contribution in [1.82, 2.24) is 4.90 Å². The number of rotatable bonds is 6. The van der Waals surface area contributed by atoms with E-state index < -0.39 is 0 Å². The lowest BCUT2D eigenvalue weighted by molar-refractivity contribution is -0.124. The Bertz CT molecular complexity index is 243. The van der Waals surface area contributed by atoms with Crippen molar-refractivity contribution in [2.45, 2.75) is 57.4 Å². The molecule has 0 unspecified atom stereocenters. The molecule has 2 saturated carbocycles. The van der Waals surface area contributed by atoms with Crippen LogP contribution in [0.25, 0.3) is 0 Å². The zero-order valence-corrected chi connectivity index (χ0v) is 10.7. The minimum atomic E-state index is 0.175. The SMILES string of the molecule is O=C(CN(CCO)C1CCCC1)C1CCCC1. The predicted molar refractivity (Wildman–Crippen MR) is 67.9 cm³/mol. The number of hydrogen-bond acceptors (Lipinski definition) is 3. The maximum Gasteiger partial charge on any atom is 0.149 e. The molecular formula is C14H25NO2. The molecule has 0 saturated heterocycles. The lowest BCUT2D eigenvalue weighted by atomic mass is 10.0. The molecule has 0 bridgehead atoms. The van der Waals surface area contributed by atoms with Crippen LogP contribution in [0.2, 0.25) is 0 Å². The number of carbonyl (C=O) groups is 1. The highest BCUT2D eigenvalue weighted by atomic mass is 16.3. The summed E-state index contributed by atoms with van der Waals surface area (Å²) in [5, 5.41) is 9.12. The fourth-order valence-electron chi connectivity index (χ4n) is 3.37. The largest absolute Gasteiger partial charge is 0.395 e. The first-order chi connectivity index (χ1) is 8.31. The van der Waals surface area contributed by atoms with Crippen molar-refractivity contribution in [3.63, 3.8) is 0 Å². The minimum Gasteiger partial charge on any atom is -0.395 e. The van der Waals surface area contributed by atoms with Crippen molar-refractivity contribution >= 4 is 5.78 Å². The van der Waals surface area contributed by atoms with Gasteiger partial charge in [-0.05, 0) is 25.7 Å². The Labute approximate surface area is 104 Å². The van der Waals surface area contributed by atoms with Crippen molar-refractivity contribution in [3.05, 3.63) is 0 Å². The molecule has 2 aliphatic carbocycles. The second-order valence-corrected chi connectivity index (χ2v) is 5.58. The van der Waals surface area contributed by atoms with E-state index in [9.17, 15) is 4.79 Å². The first-order valence-corrected chi connectivity index (χ1v) is 7.19. The molecule has 2 aliphatic rings. The third-order valence-corrected chi connectivity index (χ3v) is 4.40. The average molecular weight is 239 g/mol. The van der Waals surface area contributed by atoms with Crippen LogP contribution in [0, 0.1) is 5.92 Å². The fraction of sp³-hybridized carbons (Fsp3) is 0.929. The Morgan fingerprint density at radius 3 is 2.24 bits per heavy atom. The lowest BCUT2D eigenvalue weighted by Crippen LogP contribution is -2.40. The molecule has 2 rings (SSSR count). The van der Waals surface area contributed by atoms with Gasteiger partial charge < -0.3 is 5.11 Å². The Morgan fingerprint density at radius 1 is 1.06 bits per heavy atom. The summed E-state index contributed by atoms with van der Waals surface area (Å²) < 4.78 is 0. The molecular weight excluding hydrogens is 214 g/mol. The van der Waals surface area contributed by atoms with E-state index in [0.29, 0.717) is 30.8 Å². The van der Waals surface area contributed by atoms with E-state index in [0.717, 1.165) is 12.8 Å². The summed E-state index contributed by atoms with van der Waals surface area (Å²) in [4.78, 5) is 14.4. The summed E-state index contributed by atoms with van der Waals surface area (Å²) in [5.74, 6) is 0.737. The van der Waals surface area contributed by atoms with Crippen LogP contribution in [-0.2, 0) is 4.79 Å². The molecule has 0 radical (unpaired) electrons. The number of aliphatic hydroxyl groups excluding tert-OH is 1. The van der Waals surface area contributed by atoms with E-state index in [1.54, 1.807) is 0 Å². The molecule has 17 heavy (non-hydrogen) atoms. The van der Waals surface area contributed by atoms with Gasteiger partial charge in [0.25, 0.3) is 0 Å². The van der Waals surface area contributed by atoms with Crippen LogP contribution in [0.15, 0.2) is 0 Å². The van der Waals surface area contributed by atoms with Gasteiger partial charge in [-0.15, -0.1) is 0 Å². The van der Waals surface area contributed by atoms with Gasteiger partial charge in [-0.2, -0.15) is 0 Å². The molecule has 3 nitrogen and oxygen atoms in total. The zero-order chi connectivity index (χ0) is 12.1. The highest BCUT2D eigenvalue weighted by molar-refractivity contribution is 5.83. The summed E-state index contributed by atoms with van der Waals surface area (Å²) in [6, 6.07) is 0.549. The van der Waals surface area contributed by atoms with Crippen LogP contribution in [0.5, 0.6) is 0 Å². The van der Waals surface area contributed by atoms with Crippen molar-refractivity contribution < 1.29 is 9.90 Å². The van der Waals surface area contributed by atoms with Crippen LogP contribution >= 0.6 is 0 Å². The van der Waals surface area contributed by atoms with E-state index in [4.69, 9.17) is 5.11 Å². The van der Waals surface area contributed by atoms with Gasteiger partial charge >= 0.3 is 0 Å². The van der Waals surface area contributed by atoms with Crippen LogP contribution in [0.4, 0.5) is 0 Å². The predicted octanol–water partition coefficient (Wildman–Crippen LogP) is 1.98. The number of nitrogens with zero attached hydrogens (tertiary/aromatic N) is 1. The molecule has 0 aromatic carbocycles. The highest BCUT2D eigenvalue weighted by Gasteiger charge is 2.28. The molecule has 0 aromatic rings.